The zero-order valence-corrected chi connectivity index (χ0v) is 11.5. The molecule has 0 unspecified atom stereocenters. The standard InChI is InChI=1S/C11H13BrN4O/c1-7-4-5-8(2)10(9(7)6-12)16-11(17)15(3)13-14-16/h4-5H,6H2,1-3H3. The molecule has 0 spiro atoms. The van der Waals surface area contributed by atoms with E-state index in [0.717, 1.165) is 22.4 Å². The predicted octanol–water partition coefficient (Wildman–Crippen LogP) is 1.48. The van der Waals surface area contributed by atoms with Gasteiger partial charge in [-0.05, 0) is 41.0 Å². The van der Waals surface area contributed by atoms with Crippen LogP contribution in [-0.2, 0) is 12.4 Å². The van der Waals surface area contributed by atoms with Crippen LogP contribution in [0.5, 0.6) is 0 Å². The summed E-state index contributed by atoms with van der Waals surface area (Å²) in [5.74, 6) is 0. The first-order valence-corrected chi connectivity index (χ1v) is 6.33. The van der Waals surface area contributed by atoms with Gasteiger partial charge in [-0.25, -0.2) is 4.79 Å². The average Bonchev–Trinajstić information content (AvgIpc) is 2.63. The van der Waals surface area contributed by atoms with Gasteiger partial charge in [0.05, 0.1) is 5.69 Å². The highest BCUT2D eigenvalue weighted by atomic mass is 79.9. The molecule has 90 valence electrons. The van der Waals surface area contributed by atoms with E-state index >= 15 is 0 Å². The number of benzene rings is 1. The van der Waals surface area contributed by atoms with E-state index in [-0.39, 0.29) is 5.69 Å². The third kappa shape index (κ3) is 1.93. The van der Waals surface area contributed by atoms with Crippen LogP contribution in [0.1, 0.15) is 16.7 Å². The Balaban J connectivity index is 2.79. The SMILES string of the molecule is Cc1ccc(C)c(-n2nnn(C)c2=O)c1CBr. The van der Waals surface area contributed by atoms with Gasteiger partial charge in [0, 0.05) is 12.4 Å². The molecule has 0 fully saturated rings. The summed E-state index contributed by atoms with van der Waals surface area (Å²) in [6.45, 7) is 3.98. The van der Waals surface area contributed by atoms with Crippen LogP contribution >= 0.6 is 15.9 Å². The van der Waals surface area contributed by atoms with E-state index in [0.29, 0.717) is 5.33 Å². The molecular formula is C11H13BrN4O. The Morgan fingerprint density at radius 3 is 2.41 bits per heavy atom. The molecule has 1 heterocycles. The lowest BCUT2D eigenvalue weighted by Gasteiger charge is -2.11. The maximum atomic E-state index is 11.9. The normalized spacial score (nSPS) is 10.8. The Kier molecular flexibility index (Phi) is 3.15. The van der Waals surface area contributed by atoms with Crippen molar-refractivity contribution in [3.8, 4) is 5.69 Å². The minimum Gasteiger partial charge on any atom is -0.244 e. The molecule has 2 aromatic rings. The summed E-state index contributed by atoms with van der Waals surface area (Å²) in [4.78, 5) is 11.9. The van der Waals surface area contributed by atoms with Crippen molar-refractivity contribution in [2.45, 2.75) is 19.2 Å². The van der Waals surface area contributed by atoms with Gasteiger partial charge in [0.25, 0.3) is 0 Å². The van der Waals surface area contributed by atoms with E-state index in [2.05, 4.69) is 26.4 Å². The monoisotopic (exact) mass is 296 g/mol. The van der Waals surface area contributed by atoms with Gasteiger partial charge in [0.2, 0.25) is 0 Å². The predicted molar refractivity (Wildman–Crippen MR) is 68.7 cm³/mol. The van der Waals surface area contributed by atoms with Gasteiger partial charge in [-0.15, -0.1) is 0 Å². The largest absolute Gasteiger partial charge is 0.368 e. The van der Waals surface area contributed by atoms with Crippen molar-refractivity contribution in [2.75, 3.05) is 0 Å². The fourth-order valence-corrected chi connectivity index (χ4v) is 2.48. The zero-order chi connectivity index (χ0) is 12.6. The first-order valence-electron chi connectivity index (χ1n) is 5.20. The molecule has 1 aromatic carbocycles. The molecule has 0 amide bonds. The third-order valence-electron chi connectivity index (χ3n) is 2.79. The first-order chi connectivity index (χ1) is 8.06. The lowest BCUT2D eigenvalue weighted by atomic mass is 10.0. The van der Waals surface area contributed by atoms with Gasteiger partial charge in [0.1, 0.15) is 0 Å². The Bertz CT molecular complexity index is 614. The lowest BCUT2D eigenvalue weighted by molar-refractivity contribution is 0.692. The Hall–Kier alpha value is -1.43. The van der Waals surface area contributed by atoms with Gasteiger partial charge >= 0.3 is 5.69 Å². The van der Waals surface area contributed by atoms with E-state index in [4.69, 9.17) is 0 Å². The van der Waals surface area contributed by atoms with Crippen molar-refractivity contribution in [1.82, 2.24) is 19.8 Å². The smallest absolute Gasteiger partial charge is 0.244 e. The number of alkyl halides is 1. The highest BCUT2D eigenvalue weighted by Crippen LogP contribution is 2.23. The van der Waals surface area contributed by atoms with Crippen molar-refractivity contribution in [3.63, 3.8) is 0 Å². The molecule has 6 heteroatoms. The maximum absolute atomic E-state index is 11.9. The van der Waals surface area contributed by atoms with Gasteiger partial charge in [0.15, 0.2) is 0 Å². The van der Waals surface area contributed by atoms with Crippen molar-refractivity contribution < 1.29 is 0 Å². The summed E-state index contributed by atoms with van der Waals surface area (Å²) in [5, 5.41) is 8.31. The van der Waals surface area contributed by atoms with Gasteiger partial charge in [-0.2, -0.15) is 9.36 Å². The van der Waals surface area contributed by atoms with E-state index in [1.54, 1.807) is 7.05 Å². The Labute approximate surface area is 107 Å². The van der Waals surface area contributed by atoms with Crippen LogP contribution in [0.3, 0.4) is 0 Å². The molecule has 17 heavy (non-hydrogen) atoms. The van der Waals surface area contributed by atoms with Crippen LogP contribution < -0.4 is 5.69 Å². The molecule has 0 bridgehead atoms. The highest BCUT2D eigenvalue weighted by molar-refractivity contribution is 9.08. The molecule has 1 aromatic heterocycles. The fraction of sp³-hybridized carbons (Fsp3) is 0.364. The molecule has 0 aliphatic carbocycles. The summed E-state index contributed by atoms with van der Waals surface area (Å²) < 4.78 is 2.57. The van der Waals surface area contributed by atoms with Crippen LogP contribution in [0.4, 0.5) is 0 Å². The number of hydrogen-bond acceptors (Lipinski definition) is 3. The minimum absolute atomic E-state index is 0.235. The highest BCUT2D eigenvalue weighted by Gasteiger charge is 2.14. The molecule has 2 rings (SSSR count). The molecule has 0 N–H and O–H groups in total. The molecular weight excluding hydrogens is 284 g/mol. The van der Waals surface area contributed by atoms with E-state index in [1.165, 1.54) is 9.36 Å². The number of aryl methyl sites for hydroxylation is 3. The summed E-state index contributed by atoms with van der Waals surface area (Å²) in [7, 11) is 1.59. The van der Waals surface area contributed by atoms with Gasteiger partial charge < -0.3 is 0 Å². The quantitative estimate of drug-likeness (QED) is 0.789. The second kappa shape index (κ2) is 4.44. The second-order valence-electron chi connectivity index (χ2n) is 3.96. The van der Waals surface area contributed by atoms with Crippen LogP contribution in [0.15, 0.2) is 16.9 Å². The summed E-state index contributed by atoms with van der Waals surface area (Å²) in [5.41, 5.74) is 3.78. The van der Waals surface area contributed by atoms with E-state index in [1.807, 2.05) is 26.0 Å². The third-order valence-corrected chi connectivity index (χ3v) is 3.35. The van der Waals surface area contributed by atoms with Crippen LogP contribution in [0.2, 0.25) is 0 Å². The van der Waals surface area contributed by atoms with Crippen LogP contribution in [0.25, 0.3) is 5.69 Å². The molecule has 5 nitrogen and oxygen atoms in total. The summed E-state index contributed by atoms with van der Waals surface area (Å²) in [6.07, 6.45) is 0. The average molecular weight is 297 g/mol. The maximum Gasteiger partial charge on any atom is 0.368 e. The Morgan fingerprint density at radius 1 is 1.24 bits per heavy atom. The number of tetrazole rings is 1. The van der Waals surface area contributed by atoms with Crippen molar-refractivity contribution >= 4 is 15.9 Å². The first kappa shape index (κ1) is 12.0. The minimum atomic E-state index is -0.235. The number of hydrogen-bond donors (Lipinski definition) is 0. The molecule has 0 saturated carbocycles. The zero-order valence-electron chi connectivity index (χ0n) is 9.94. The molecule has 0 saturated heterocycles. The summed E-state index contributed by atoms with van der Waals surface area (Å²) in [6, 6.07) is 4.02. The molecule has 0 radical (unpaired) electrons. The lowest BCUT2D eigenvalue weighted by Crippen LogP contribution is -2.23. The van der Waals surface area contributed by atoms with Crippen molar-refractivity contribution in [2.24, 2.45) is 7.05 Å². The van der Waals surface area contributed by atoms with Crippen molar-refractivity contribution in [1.29, 1.82) is 0 Å². The number of nitrogens with zero attached hydrogens (tertiary/aromatic N) is 4. The van der Waals surface area contributed by atoms with Crippen LogP contribution in [0, 0.1) is 13.8 Å². The topological polar surface area (TPSA) is 52.7 Å². The number of rotatable bonds is 2. The molecule has 0 atom stereocenters. The van der Waals surface area contributed by atoms with Gasteiger partial charge in [-0.1, -0.05) is 28.1 Å². The van der Waals surface area contributed by atoms with E-state index in [9.17, 15) is 4.79 Å². The van der Waals surface area contributed by atoms with E-state index < -0.39 is 0 Å². The molecule has 0 aliphatic rings. The fourth-order valence-electron chi connectivity index (χ4n) is 1.77. The number of aromatic nitrogens is 4. The van der Waals surface area contributed by atoms with Crippen LogP contribution in [-0.4, -0.2) is 19.8 Å². The summed E-state index contributed by atoms with van der Waals surface area (Å²) >= 11 is 3.45. The molecule has 0 aliphatic heterocycles. The second-order valence-corrected chi connectivity index (χ2v) is 4.52. The van der Waals surface area contributed by atoms with Crippen molar-refractivity contribution in [3.05, 3.63) is 39.3 Å². The Morgan fingerprint density at radius 2 is 1.88 bits per heavy atom. The van der Waals surface area contributed by atoms with Gasteiger partial charge in [-0.3, -0.25) is 0 Å². The number of halogens is 1.